The molecule has 0 saturated carbocycles. The van der Waals surface area contributed by atoms with E-state index in [1.54, 1.807) is 0 Å². The van der Waals surface area contributed by atoms with Gasteiger partial charge in [-0.15, -0.1) is 0 Å². The minimum absolute atomic E-state index is 0.107. The number of hydrogen-bond acceptors (Lipinski definition) is 1. The van der Waals surface area contributed by atoms with Gasteiger partial charge in [-0.25, -0.2) is 4.98 Å². The molecule has 16 heavy (non-hydrogen) atoms. The number of imidazole rings is 1. The molecule has 0 atom stereocenters. The summed E-state index contributed by atoms with van der Waals surface area (Å²) in [5, 5.41) is 1.25. The van der Waals surface area contributed by atoms with Gasteiger partial charge in [-0.05, 0) is 57.0 Å². The first-order valence-electron chi connectivity index (χ1n) is 5.15. The highest BCUT2D eigenvalue weighted by molar-refractivity contribution is 6.32. The molecule has 0 spiro atoms. The van der Waals surface area contributed by atoms with Crippen LogP contribution in [0, 0.1) is 6.92 Å². The maximum Gasteiger partial charge on any atom is 0.204 e. The van der Waals surface area contributed by atoms with E-state index in [9.17, 15) is 0 Å². The number of nitrogens with zero attached hydrogens (tertiary/aromatic N) is 2. The van der Waals surface area contributed by atoms with Crippen LogP contribution in [-0.2, 0) is 5.54 Å². The van der Waals surface area contributed by atoms with Crippen LogP contribution >= 0.6 is 23.2 Å². The van der Waals surface area contributed by atoms with Gasteiger partial charge in [0.2, 0.25) is 5.28 Å². The Bertz CT molecular complexity index is 550. The smallest absolute Gasteiger partial charge is 0.204 e. The first-order valence-corrected chi connectivity index (χ1v) is 5.91. The average Bonchev–Trinajstić information content (AvgIpc) is 2.40. The molecule has 4 heteroatoms. The molecular weight excluding hydrogens is 243 g/mol. The molecule has 0 radical (unpaired) electrons. The van der Waals surface area contributed by atoms with Gasteiger partial charge in [-0.1, -0.05) is 11.6 Å². The zero-order valence-electron chi connectivity index (χ0n) is 9.81. The predicted octanol–water partition coefficient (Wildman–Crippen LogP) is 4.41. The molecule has 0 N–H and O–H groups in total. The van der Waals surface area contributed by atoms with Crippen molar-refractivity contribution in [2.45, 2.75) is 33.2 Å². The summed E-state index contributed by atoms with van der Waals surface area (Å²) in [4.78, 5) is 4.35. The van der Waals surface area contributed by atoms with E-state index in [1.807, 2.05) is 23.6 Å². The predicted molar refractivity (Wildman–Crippen MR) is 69.5 cm³/mol. The maximum atomic E-state index is 6.17. The molecule has 2 rings (SSSR count). The van der Waals surface area contributed by atoms with E-state index >= 15 is 0 Å². The highest BCUT2D eigenvalue weighted by Gasteiger charge is 2.20. The molecule has 1 heterocycles. The maximum absolute atomic E-state index is 6.17. The number of aryl methyl sites for hydroxylation is 1. The zero-order valence-corrected chi connectivity index (χ0v) is 11.3. The van der Waals surface area contributed by atoms with Crippen LogP contribution in [-0.4, -0.2) is 9.55 Å². The van der Waals surface area contributed by atoms with Crippen LogP contribution in [0.2, 0.25) is 10.3 Å². The lowest BCUT2D eigenvalue weighted by Crippen LogP contribution is -2.21. The van der Waals surface area contributed by atoms with Crippen LogP contribution in [0.4, 0.5) is 0 Å². The van der Waals surface area contributed by atoms with Gasteiger partial charge in [0.15, 0.2) is 0 Å². The number of fused-ring (bicyclic) bond motifs is 1. The van der Waals surface area contributed by atoms with Gasteiger partial charge < -0.3 is 4.57 Å². The van der Waals surface area contributed by atoms with Crippen molar-refractivity contribution in [2.75, 3.05) is 0 Å². The average molecular weight is 257 g/mol. The lowest BCUT2D eigenvalue weighted by atomic mass is 10.1. The Morgan fingerprint density at radius 2 is 1.81 bits per heavy atom. The van der Waals surface area contributed by atoms with Crippen LogP contribution in [0.15, 0.2) is 12.1 Å². The van der Waals surface area contributed by atoms with Crippen molar-refractivity contribution in [3.05, 3.63) is 28.0 Å². The van der Waals surface area contributed by atoms with Gasteiger partial charge >= 0.3 is 0 Å². The molecule has 0 aliphatic rings. The molecule has 0 aliphatic heterocycles. The highest BCUT2D eigenvalue weighted by atomic mass is 35.5. The van der Waals surface area contributed by atoms with E-state index in [1.165, 1.54) is 0 Å². The monoisotopic (exact) mass is 256 g/mol. The van der Waals surface area contributed by atoms with Crippen LogP contribution in [0.3, 0.4) is 0 Å². The molecule has 0 aliphatic carbocycles. The summed E-state index contributed by atoms with van der Waals surface area (Å²) >= 11 is 12.3. The third-order valence-electron chi connectivity index (χ3n) is 2.56. The van der Waals surface area contributed by atoms with Crippen molar-refractivity contribution in [1.29, 1.82) is 0 Å². The highest BCUT2D eigenvalue weighted by Crippen LogP contribution is 2.30. The van der Waals surface area contributed by atoms with Crippen LogP contribution in [0.25, 0.3) is 11.0 Å². The summed E-state index contributed by atoms with van der Waals surface area (Å²) < 4.78 is 2.00. The Hall–Kier alpha value is -0.730. The summed E-state index contributed by atoms with van der Waals surface area (Å²) in [6.07, 6.45) is 0. The zero-order chi connectivity index (χ0) is 12.1. The molecule has 0 saturated heterocycles. The molecule has 1 aromatic heterocycles. The van der Waals surface area contributed by atoms with Crippen LogP contribution in [0.5, 0.6) is 0 Å². The quantitative estimate of drug-likeness (QED) is 0.683. The normalized spacial score (nSPS) is 12.4. The molecule has 2 nitrogen and oxygen atoms in total. The van der Waals surface area contributed by atoms with Crippen molar-refractivity contribution in [2.24, 2.45) is 0 Å². The number of benzene rings is 1. The fourth-order valence-electron chi connectivity index (χ4n) is 1.81. The third kappa shape index (κ3) is 1.80. The first-order chi connectivity index (χ1) is 7.30. The summed E-state index contributed by atoms with van der Waals surface area (Å²) in [6, 6.07) is 3.89. The molecule has 2 aromatic rings. The Kier molecular flexibility index (Phi) is 2.67. The largest absolute Gasteiger partial charge is 0.309 e. The second-order valence-electron chi connectivity index (χ2n) is 4.98. The summed E-state index contributed by atoms with van der Waals surface area (Å²) in [7, 11) is 0. The lowest BCUT2D eigenvalue weighted by molar-refractivity contribution is 0.409. The minimum Gasteiger partial charge on any atom is -0.309 e. The number of halogens is 2. The molecule has 0 bridgehead atoms. The van der Waals surface area contributed by atoms with Gasteiger partial charge in [-0.3, -0.25) is 0 Å². The van der Waals surface area contributed by atoms with Gasteiger partial charge in [0.1, 0.15) is 0 Å². The van der Waals surface area contributed by atoms with Gasteiger partial charge in [0, 0.05) is 10.6 Å². The summed E-state index contributed by atoms with van der Waals surface area (Å²) in [5.41, 5.74) is 2.78. The fourth-order valence-corrected chi connectivity index (χ4v) is 2.40. The van der Waals surface area contributed by atoms with E-state index in [2.05, 4.69) is 25.8 Å². The standard InChI is InChI=1S/C12H14Cl2N2/c1-7-5-9-10(6-8(7)13)16(11(14)15-9)12(2,3)4/h5-6H,1-4H3. The molecule has 0 amide bonds. The van der Waals surface area contributed by atoms with E-state index in [0.29, 0.717) is 5.28 Å². The molecule has 86 valence electrons. The Morgan fingerprint density at radius 1 is 1.19 bits per heavy atom. The first kappa shape index (κ1) is 11.7. The molecule has 0 fully saturated rings. The fraction of sp³-hybridized carbons (Fsp3) is 0.417. The molecular formula is C12H14Cl2N2. The van der Waals surface area contributed by atoms with E-state index in [4.69, 9.17) is 23.2 Å². The van der Waals surface area contributed by atoms with E-state index in [0.717, 1.165) is 21.6 Å². The van der Waals surface area contributed by atoms with Gasteiger partial charge in [0.05, 0.1) is 11.0 Å². The van der Waals surface area contributed by atoms with Crippen LogP contribution < -0.4 is 0 Å². The van der Waals surface area contributed by atoms with Crippen molar-refractivity contribution in [3.63, 3.8) is 0 Å². The summed E-state index contributed by atoms with van der Waals surface area (Å²) in [6.45, 7) is 8.24. The minimum atomic E-state index is -0.107. The van der Waals surface area contributed by atoms with Crippen LogP contribution in [0.1, 0.15) is 26.3 Å². The number of aromatic nitrogens is 2. The lowest BCUT2D eigenvalue weighted by Gasteiger charge is -2.22. The topological polar surface area (TPSA) is 17.8 Å². The second kappa shape index (κ2) is 3.64. The third-order valence-corrected chi connectivity index (χ3v) is 3.23. The SMILES string of the molecule is Cc1cc2nc(Cl)n(C(C)(C)C)c2cc1Cl. The molecule has 1 aromatic carbocycles. The van der Waals surface area contributed by atoms with Crippen molar-refractivity contribution in [1.82, 2.24) is 9.55 Å². The van der Waals surface area contributed by atoms with Gasteiger partial charge in [0.25, 0.3) is 0 Å². The Balaban J connectivity index is 2.84. The Labute approximate surface area is 105 Å². The number of rotatable bonds is 0. The van der Waals surface area contributed by atoms with Gasteiger partial charge in [-0.2, -0.15) is 0 Å². The van der Waals surface area contributed by atoms with E-state index in [-0.39, 0.29) is 5.54 Å². The van der Waals surface area contributed by atoms with Crippen molar-refractivity contribution < 1.29 is 0 Å². The van der Waals surface area contributed by atoms with Crippen molar-refractivity contribution in [3.8, 4) is 0 Å². The number of hydrogen-bond donors (Lipinski definition) is 0. The Morgan fingerprint density at radius 3 is 2.38 bits per heavy atom. The van der Waals surface area contributed by atoms with E-state index < -0.39 is 0 Å². The second-order valence-corrected chi connectivity index (χ2v) is 5.72. The van der Waals surface area contributed by atoms with Crippen molar-refractivity contribution >= 4 is 34.2 Å². The summed E-state index contributed by atoms with van der Waals surface area (Å²) in [5.74, 6) is 0. The molecule has 0 unspecified atom stereocenters.